The number of methoxy groups -OCH3 is 1. The molecule has 21 heavy (non-hydrogen) atoms. The van der Waals surface area contributed by atoms with E-state index in [1.807, 2.05) is 24.3 Å². The summed E-state index contributed by atoms with van der Waals surface area (Å²) in [5.41, 5.74) is 0.821. The molecule has 1 aromatic rings. The summed E-state index contributed by atoms with van der Waals surface area (Å²) in [6, 6.07) is 7.38. The van der Waals surface area contributed by atoms with E-state index in [2.05, 4.69) is 0 Å². The van der Waals surface area contributed by atoms with Crippen molar-refractivity contribution in [3.8, 4) is 5.75 Å². The van der Waals surface area contributed by atoms with Gasteiger partial charge in [-0.25, -0.2) is 0 Å². The van der Waals surface area contributed by atoms with Crippen LogP contribution in [0.5, 0.6) is 5.75 Å². The highest BCUT2D eigenvalue weighted by molar-refractivity contribution is 5.87. The Kier molecular flexibility index (Phi) is 5.16. The second kappa shape index (κ2) is 7.08. The molecule has 1 aromatic carbocycles. The van der Waals surface area contributed by atoms with Crippen molar-refractivity contribution in [3.05, 3.63) is 29.8 Å². The predicted octanol–water partition coefficient (Wildman–Crippen LogP) is 1.11. The molecule has 1 aliphatic rings. The zero-order chi connectivity index (χ0) is 15.2. The highest BCUT2D eigenvalue weighted by atomic mass is 16.5. The fourth-order valence-electron chi connectivity index (χ4n) is 2.45. The number of carboxylic acid groups (broad SMARTS) is 1. The number of ether oxygens (including phenoxy) is 2. The van der Waals surface area contributed by atoms with E-state index in [1.54, 1.807) is 0 Å². The highest BCUT2D eigenvalue weighted by Crippen LogP contribution is 2.34. The monoisotopic (exact) mass is 293 g/mol. The Balaban J connectivity index is 2.18. The van der Waals surface area contributed by atoms with Gasteiger partial charge in [-0.05, 0) is 12.5 Å². The number of fused-ring (bicyclic) bond motifs is 1. The van der Waals surface area contributed by atoms with Gasteiger partial charge in [-0.3, -0.25) is 9.59 Å². The van der Waals surface area contributed by atoms with Crippen LogP contribution in [0.1, 0.15) is 17.9 Å². The lowest BCUT2D eigenvalue weighted by atomic mass is 9.92. The molecule has 0 spiro atoms. The van der Waals surface area contributed by atoms with Crippen molar-refractivity contribution in [1.29, 1.82) is 0 Å². The first-order chi connectivity index (χ1) is 10.1. The maximum absolute atomic E-state index is 12.7. The minimum absolute atomic E-state index is 0.190. The number of amides is 1. The number of hydrogen-bond donors (Lipinski definition) is 1. The summed E-state index contributed by atoms with van der Waals surface area (Å²) in [4.78, 5) is 24.9. The molecule has 0 aromatic heterocycles. The molecule has 2 rings (SSSR count). The third kappa shape index (κ3) is 3.72. The normalized spacial score (nSPS) is 16.7. The van der Waals surface area contributed by atoms with Crippen LogP contribution in [0.25, 0.3) is 0 Å². The van der Waals surface area contributed by atoms with E-state index in [0.717, 1.165) is 5.56 Å². The molecule has 0 fully saturated rings. The first kappa shape index (κ1) is 15.3. The molecule has 0 saturated carbocycles. The summed E-state index contributed by atoms with van der Waals surface area (Å²) >= 11 is 0. The van der Waals surface area contributed by atoms with Gasteiger partial charge in [0.15, 0.2) is 0 Å². The summed E-state index contributed by atoms with van der Waals surface area (Å²) in [5.74, 6) is -0.875. The fraction of sp³-hybridized carbons (Fsp3) is 0.467. The van der Waals surface area contributed by atoms with E-state index in [4.69, 9.17) is 14.6 Å². The van der Waals surface area contributed by atoms with Gasteiger partial charge < -0.3 is 19.5 Å². The lowest BCUT2D eigenvalue weighted by molar-refractivity contribution is -0.145. The van der Waals surface area contributed by atoms with Gasteiger partial charge in [-0.2, -0.15) is 0 Å². The molecule has 0 aliphatic carbocycles. The van der Waals surface area contributed by atoms with Crippen LogP contribution < -0.4 is 4.74 Å². The zero-order valence-electron chi connectivity index (χ0n) is 11.9. The van der Waals surface area contributed by atoms with E-state index in [1.165, 1.54) is 12.0 Å². The molecule has 6 heteroatoms. The molecule has 1 heterocycles. The van der Waals surface area contributed by atoms with E-state index >= 15 is 0 Å². The van der Waals surface area contributed by atoms with Gasteiger partial charge in [-0.15, -0.1) is 0 Å². The van der Waals surface area contributed by atoms with Crippen LogP contribution >= 0.6 is 0 Å². The van der Waals surface area contributed by atoms with E-state index in [9.17, 15) is 9.59 Å². The number of hydrogen-bond acceptors (Lipinski definition) is 4. The molecule has 1 amide bonds. The third-order valence-electron chi connectivity index (χ3n) is 3.46. The predicted molar refractivity (Wildman–Crippen MR) is 75.4 cm³/mol. The highest BCUT2D eigenvalue weighted by Gasteiger charge is 2.31. The Morgan fingerprint density at radius 3 is 2.90 bits per heavy atom. The Labute approximate surface area is 123 Å². The van der Waals surface area contributed by atoms with Gasteiger partial charge in [0.25, 0.3) is 0 Å². The molecule has 0 bridgehead atoms. The van der Waals surface area contributed by atoms with Crippen LogP contribution in [0.2, 0.25) is 0 Å². The van der Waals surface area contributed by atoms with Crippen molar-refractivity contribution >= 4 is 11.9 Å². The molecule has 0 unspecified atom stereocenters. The van der Waals surface area contributed by atoms with Crippen molar-refractivity contribution in [2.24, 2.45) is 0 Å². The molecule has 114 valence electrons. The molecule has 0 saturated heterocycles. The van der Waals surface area contributed by atoms with Gasteiger partial charge in [0.05, 0.1) is 19.1 Å². The summed E-state index contributed by atoms with van der Waals surface area (Å²) in [5, 5.41) is 8.97. The van der Waals surface area contributed by atoms with Crippen LogP contribution in [0.15, 0.2) is 24.3 Å². The first-order valence-electron chi connectivity index (χ1n) is 6.84. The van der Waals surface area contributed by atoms with Gasteiger partial charge in [-0.1, -0.05) is 18.2 Å². The van der Waals surface area contributed by atoms with Crippen molar-refractivity contribution in [3.63, 3.8) is 0 Å². The largest absolute Gasteiger partial charge is 0.493 e. The second-order valence-electron chi connectivity index (χ2n) is 4.87. The van der Waals surface area contributed by atoms with E-state index in [-0.39, 0.29) is 24.9 Å². The van der Waals surface area contributed by atoms with E-state index < -0.39 is 5.97 Å². The van der Waals surface area contributed by atoms with Crippen molar-refractivity contribution in [2.45, 2.75) is 12.3 Å². The quantitative estimate of drug-likeness (QED) is 0.850. The second-order valence-corrected chi connectivity index (χ2v) is 4.87. The SMILES string of the molecule is COCCN(CC(=O)O)C(=O)[C@@H]1CCOc2ccccc21. The van der Waals surface area contributed by atoms with Gasteiger partial charge in [0.2, 0.25) is 5.91 Å². The van der Waals surface area contributed by atoms with Gasteiger partial charge in [0.1, 0.15) is 12.3 Å². The fourth-order valence-corrected chi connectivity index (χ4v) is 2.45. The first-order valence-corrected chi connectivity index (χ1v) is 6.84. The van der Waals surface area contributed by atoms with Gasteiger partial charge in [0, 0.05) is 19.2 Å². The van der Waals surface area contributed by atoms with Crippen molar-refractivity contribution in [1.82, 2.24) is 4.90 Å². The Hall–Kier alpha value is -2.08. The molecule has 0 radical (unpaired) electrons. The number of aliphatic carboxylic acids is 1. The van der Waals surface area contributed by atoms with Crippen LogP contribution in [0.3, 0.4) is 0 Å². The number of carbonyl (C=O) groups excluding carboxylic acids is 1. The topological polar surface area (TPSA) is 76.1 Å². The summed E-state index contributed by atoms with van der Waals surface area (Å²) < 4.78 is 10.5. The zero-order valence-corrected chi connectivity index (χ0v) is 11.9. The summed E-state index contributed by atoms with van der Waals surface area (Å²) in [7, 11) is 1.52. The standard InChI is InChI=1S/C15H19NO5/c1-20-9-7-16(10-14(17)18)15(19)12-6-8-21-13-5-3-2-4-11(12)13/h2-5,12H,6-10H2,1H3,(H,17,18)/t12-/m1/s1. The molecular formula is C15H19NO5. The number of carbonyl (C=O) groups is 2. The molecule has 1 aliphatic heterocycles. The Morgan fingerprint density at radius 1 is 1.43 bits per heavy atom. The van der Waals surface area contributed by atoms with Crippen LogP contribution in [-0.4, -0.2) is 55.3 Å². The van der Waals surface area contributed by atoms with Crippen molar-refractivity contribution in [2.75, 3.05) is 33.4 Å². The number of rotatable bonds is 6. The smallest absolute Gasteiger partial charge is 0.323 e. The molecule has 1 atom stereocenters. The number of carboxylic acids is 1. The van der Waals surface area contributed by atoms with Crippen LogP contribution in [0.4, 0.5) is 0 Å². The maximum Gasteiger partial charge on any atom is 0.323 e. The lowest BCUT2D eigenvalue weighted by Gasteiger charge is -2.30. The summed E-state index contributed by atoms with van der Waals surface area (Å²) in [6.07, 6.45) is 0.555. The molecule has 6 nitrogen and oxygen atoms in total. The number of nitrogens with zero attached hydrogens (tertiary/aromatic N) is 1. The van der Waals surface area contributed by atoms with E-state index in [0.29, 0.717) is 25.4 Å². The molecular weight excluding hydrogens is 274 g/mol. The number of para-hydroxylation sites is 1. The lowest BCUT2D eigenvalue weighted by Crippen LogP contribution is -2.41. The average molecular weight is 293 g/mol. The minimum atomic E-state index is -1.03. The Bertz CT molecular complexity index is 517. The summed E-state index contributed by atoms with van der Waals surface area (Å²) in [6.45, 7) is 0.714. The van der Waals surface area contributed by atoms with Crippen LogP contribution in [-0.2, 0) is 14.3 Å². The molecule has 1 N–H and O–H groups in total. The van der Waals surface area contributed by atoms with Crippen molar-refractivity contribution < 1.29 is 24.2 Å². The number of benzene rings is 1. The van der Waals surface area contributed by atoms with Gasteiger partial charge >= 0.3 is 5.97 Å². The Morgan fingerprint density at radius 2 is 2.19 bits per heavy atom. The maximum atomic E-state index is 12.7. The minimum Gasteiger partial charge on any atom is -0.493 e. The third-order valence-corrected chi connectivity index (χ3v) is 3.46. The average Bonchev–Trinajstić information content (AvgIpc) is 2.50. The van der Waals surface area contributed by atoms with Crippen LogP contribution in [0, 0.1) is 0 Å².